The number of hydrogen-bond donors (Lipinski definition) is 0. The molecule has 0 aliphatic heterocycles. The molecular weight excluding hydrogens is 212 g/mol. The molecule has 0 heterocycles. The van der Waals surface area contributed by atoms with Gasteiger partial charge in [0.25, 0.3) is 0 Å². The van der Waals surface area contributed by atoms with Crippen LogP contribution in [0.3, 0.4) is 0 Å². The molecule has 0 aromatic heterocycles. The summed E-state index contributed by atoms with van der Waals surface area (Å²) in [5.74, 6) is 0.389. The Hall–Kier alpha value is -1.29. The van der Waals surface area contributed by atoms with Crippen LogP contribution in [0.4, 0.5) is 0 Å². The molecule has 1 rings (SSSR count). The molecule has 1 aromatic carbocycles. The van der Waals surface area contributed by atoms with Crippen molar-refractivity contribution in [1.29, 1.82) is 0 Å². The lowest BCUT2D eigenvalue weighted by Crippen LogP contribution is -2.02. The summed E-state index contributed by atoms with van der Waals surface area (Å²) in [5, 5.41) is 0. The van der Waals surface area contributed by atoms with Gasteiger partial charge in [0, 0.05) is 5.56 Å². The van der Waals surface area contributed by atoms with Crippen molar-refractivity contribution >= 4 is 15.9 Å². The van der Waals surface area contributed by atoms with Crippen LogP contribution in [0.25, 0.3) is 5.76 Å². The molecule has 0 aliphatic carbocycles. The summed E-state index contributed by atoms with van der Waals surface area (Å²) in [7, 11) is -3.46. The van der Waals surface area contributed by atoms with Crippen molar-refractivity contribution in [3.8, 4) is 0 Å². The summed E-state index contributed by atoms with van der Waals surface area (Å²) < 4.78 is 27.0. The van der Waals surface area contributed by atoms with Gasteiger partial charge in [-0.15, -0.1) is 0 Å². The lowest BCUT2D eigenvalue weighted by molar-refractivity contribution is 0.469. The fraction of sp³-hybridized carbons (Fsp3) is 0.273. The highest BCUT2D eigenvalue weighted by molar-refractivity contribution is 7.86. The largest absolute Gasteiger partial charge is 0.382 e. The third-order valence-electron chi connectivity index (χ3n) is 1.69. The van der Waals surface area contributed by atoms with Gasteiger partial charge >= 0.3 is 10.1 Å². The van der Waals surface area contributed by atoms with E-state index < -0.39 is 10.1 Å². The second-order valence-corrected chi connectivity index (χ2v) is 4.71. The van der Waals surface area contributed by atoms with Crippen LogP contribution in [-0.4, -0.2) is 14.7 Å². The van der Waals surface area contributed by atoms with Crippen molar-refractivity contribution < 1.29 is 12.6 Å². The van der Waals surface area contributed by atoms with E-state index >= 15 is 0 Å². The summed E-state index contributed by atoms with van der Waals surface area (Å²) in [6.45, 7) is 1.93. The van der Waals surface area contributed by atoms with Gasteiger partial charge in [-0.2, -0.15) is 8.42 Å². The summed E-state index contributed by atoms with van der Waals surface area (Å²) in [6.07, 6.45) is 3.51. The first-order valence-electron chi connectivity index (χ1n) is 4.68. The maximum absolute atomic E-state index is 11.0. The minimum absolute atomic E-state index is 0.389. The molecule has 0 radical (unpaired) electrons. The molecule has 82 valence electrons. The van der Waals surface area contributed by atoms with Gasteiger partial charge in [-0.05, 0) is 12.5 Å². The van der Waals surface area contributed by atoms with E-state index in [1.165, 1.54) is 0 Å². The normalized spacial score (nSPS) is 12.5. The van der Waals surface area contributed by atoms with E-state index in [4.69, 9.17) is 4.18 Å². The van der Waals surface area contributed by atoms with Crippen LogP contribution in [0.1, 0.15) is 18.9 Å². The Balaban J connectivity index is 3.00. The standard InChI is InChI=1S/C11H14O3S/c1-3-7-11(14-15(2,12)13)10-8-5-4-6-9-10/h4-9H,3H2,1-2H3/b11-7+. The average molecular weight is 226 g/mol. The number of benzene rings is 1. The molecule has 0 unspecified atom stereocenters. The second kappa shape index (κ2) is 4.98. The second-order valence-electron chi connectivity index (χ2n) is 3.13. The fourth-order valence-electron chi connectivity index (χ4n) is 1.15. The molecule has 0 saturated carbocycles. The first-order valence-corrected chi connectivity index (χ1v) is 6.49. The highest BCUT2D eigenvalue weighted by Crippen LogP contribution is 2.18. The molecule has 0 spiro atoms. The lowest BCUT2D eigenvalue weighted by atomic mass is 10.2. The zero-order valence-electron chi connectivity index (χ0n) is 8.80. The monoisotopic (exact) mass is 226 g/mol. The SMILES string of the molecule is CC/C=C(/OS(C)(=O)=O)c1ccccc1. The Morgan fingerprint density at radius 3 is 2.40 bits per heavy atom. The Morgan fingerprint density at radius 1 is 1.33 bits per heavy atom. The first kappa shape index (κ1) is 11.8. The van der Waals surface area contributed by atoms with Crippen molar-refractivity contribution in [3.05, 3.63) is 42.0 Å². The molecule has 0 N–H and O–H groups in total. The van der Waals surface area contributed by atoms with E-state index in [1.54, 1.807) is 6.08 Å². The maximum atomic E-state index is 11.0. The number of rotatable bonds is 4. The molecule has 1 aromatic rings. The quantitative estimate of drug-likeness (QED) is 0.585. The summed E-state index contributed by atoms with van der Waals surface area (Å²) in [6, 6.07) is 9.17. The van der Waals surface area contributed by atoms with Gasteiger partial charge < -0.3 is 4.18 Å². The van der Waals surface area contributed by atoms with Crippen LogP contribution in [0.2, 0.25) is 0 Å². The van der Waals surface area contributed by atoms with Crippen LogP contribution in [-0.2, 0) is 14.3 Å². The van der Waals surface area contributed by atoms with Crippen molar-refractivity contribution in [3.63, 3.8) is 0 Å². The highest BCUT2D eigenvalue weighted by Gasteiger charge is 2.08. The first-order chi connectivity index (χ1) is 7.03. The van der Waals surface area contributed by atoms with E-state index in [-0.39, 0.29) is 0 Å². The van der Waals surface area contributed by atoms with Crippen LogP contribution in [0.15, 0.2) is 36.4 Å². The summed E-state index contributed by atoms with van der Waals surface area (Å²) >= 11 is 0. The molecule has 0 atom stereocenters. The maximum Gasteiger partial charge on any atom is 0.306 e. The topological polar surface area (TPSA) is 43.4 Å². The molecule has 0 amide bonds. The Morgan fingerprint density at radius 2 is 1.93 bits per heavy atom. The molecule has 4 heteroatoms. The molecule has 0 fully saturated rings. The highest BCUT2D eigenvalue weighted by atomic mass is 32.2. The minimum atomic E-state index is -3.46. The number of hydrogen-bond acceptors (Lipinski definition) is 3. The van der Waals surface area contributed by atoms with Crippen LogP contribution >= 0.6 is 0 Å². The van der Waals surface area contributed by atoms with Crippen molar-refractivity contribution in [2.45, 2.75) is 13.3 Å². The number of allylic oxidation sites excluding steroid dienone is 1. The van der Waals surface area contributed by atoms with E-state index in [0.29, 0.717) is 5.76 Å². The third-order valence-corrected chi connectivity index (χ3v) is 2.17. The van der Waals surface area contributed by atoms with Gasteiger partial charge in [-0.3, -0.25) is 0 Å². The van der Waals surface area contributed by atoms with Crippen molar-refractivity contribution in [2.24, 2.45) is 0 Å². The zero-order chi connectivity index (χ0) is 11.3. The Bertz CT molecular complexity index is 432. The van der Waals surface area contributed by atoms with Crippen molar-refractivity contribution in [1.82, 2.24) is 0 Å². The molecule has 0 aliphatic rings. The molecule has 0 saturated heterocycles. The lowest BCUT2D eigenvalue weighted by Gasteiger charge is -2.07. The van der Waals surface area contributed by atoms with E-state index in [9.17, 15) is 8.42 Å². The van der Waals surface area contributed by atoms with Gasteiger partial charge in [-0.25, -0.2) is 0 Å². The Kier molecular flexibility index (Phi) is 3.91. The summed E-state index contributed by atoms with van der Waals surface area (Å²) in [4.78, 5) is 0. The molecular formula is C11H14O3S. The summed E-state index contributed by atoms with van der Waals surface area (Å²) in [5.41, 5.74) is 0.768. The molecule has 15 heavy (non-hydrogen) atoms. The van der Waals surface area contributed by atoms with Crippen LogP contribution < -0.4 is 0 Å². The third kappa shape index (κ3) is 4.16. The van der Waals surface area contributed by atoms with Crippen molar-refractivity contribution in [2.75, 3.05) is 6.26 Å². The fourth-order valence-corrected chi connectivity index (χ4v) is 1.64. The molecule has 0 bridgehead atoms. The average Bonchev–Trinajstić information content (AvgIpc) is 2.17. The van der Waals surface area contributed by atoms with Crippen LogP contribution in [0.5, 0.6) is 0 Å². The van der Waals surface area contributed by atoms with E-state index in [2.05, 4.69) is 0 Å². The Labute approximate surface area is 90.5 Å². The van der Waals surface area contributed by atoms with Gasteiger partial charge in [0.15, 0.2) is 0 Å². The smallest absolute Gasteiger partial charge is 0.306 e. The van der Waals surface area contributed by atoms with Gasteiger partial charge in [0.2, 0.25) is 0 Å². The predicted octanol–water partition coefficient (Wildman–Crippen LogP) is 2.41. The van der Waals surface area contributed by atoms with Gasteiger partial charge in [0.1, 0.15) is 5.76 Å². The predicted molar refractivity (Wildman–Crippen MR) is 60.6 cm³/mol. The van der Waals surface area contributed by atoms with E-state index in [1.807, 2.05) is 37.3 Å². The van der Waals surface area contributed by atoms with Gasteiger partial charge in [-0.1, -0.05) is 37.3 Å². The van der Waals surface area contributed by atoms with Gasteiger partial charge in [0.05, 0.1) is 6.26 Å². The van der Waals surface area contributed by atoms with Crippen LogP contribution in [0, 0.1) is 0 Å². The zero-order valence-corrected chi connectivity index (χ0v) is 9.62. The minimum Gasteiger partial charge on any atom is -0.382 e. The molecule has 3 nitrogen and oxygen atoms in total. The van der Waals surface area contributed by atoms with E-state index in [0.717, 1.165) is 18.2 Å².